The fourth-order valence-electron chi connectivity index (χ4n) is 4.14. The highest BCUT2D eigenvalue weighted by Crippen LogP contribution is 2.23. The molecule has 1 atom stereocenters. The molecule has 1 aromatic heterocycles. The molecule has 3 heterocycles. The monoisotopic (exact) mass is 387 g/mol. The third-order valence-electron chi connectivity index (χ3n) is 5.70. The molecule has 28 heavy (non-hydrogen) atoms. The number of carbonyl (C=O) groups is 1. The Kier molecular flexibility index (Phi) is 5.52. The lowest BCUT2D eigenvalue weighted by molar-refractivity contribution is 0.0531. The van der Waals surface area contributed by atoms with Gasteiger partial charge >= 0.3 is 0 Å². The number of hydrogen-bond acceptors (Lipinski definition) is 5. The maximum Gasteiger partial charge on any atom is 0.289 e. The van der Waals surface area contributed by atoms with E-state index in [4.69, 9.17) is 9.15 Å². The summed E-state index contributed by atoms with van der Waals surface area (Å²) in [6.45, 7) is 5.18. The second-order valence-electron chi connectivity index (χ2n) is 7.37. The van der Waals surface area contributed by atoms with Gasteiger partial charge in [-0.25, -0.2) is 4.39 Å². The van der Waals surface area contributed by atoms with Crippen LogP contribution in [0.2, 0.25) is 0 Å². The zero-order chi connectivity index (χ0) is 19.5. The second kappa shape index (κ2) is 8.22. The fourth-order valence-corrected chi connectivity index (χ4v) is 4.14. The van der Waals surface area contributed by atoms with Crippen molar-refractivity contribution in [2.24, 2.45) is 0 Å². The molecule has 2 saturated heterocycles. The standard InChI is InChI=1S/C21H26FN3O3/c1-27-20-9-8-19(28-20)21(26)25-10-2-3-18(15-25)24-13-11-23(12-14-24)17-6-4-16(22)5-7-17/h4-9,18H,2-3,10-15H2,1H3/t18-/m1/s1. The van der Waals surface area contributed by atoms with E-state index in [-0.39, 0.29) is 11.7 Å². The van der Waals surface area contributed by atoms with Gasteiger partial charge in [0.05, 0.1) is 7.11 Å². The SMILES string of the molecule is COc1ccc(C(=O)N2CCC[C@@H](N3CCN(c4ccc(F)cc4)CC3)C2)o1. The van der Waals surface area contributed by atoms with Crippen LogP contribution in [0.3, 0.4) is 0 Å². The van der Waals surface area contributed by atoms with Crippen LogP contribution in [0.1, 0.15) is 23.4 Å². The normalized spacial score (nSPS) is 21.0. The van der Waals surface area contributed by atoms with E-state index in [2.05, 4.69) is 9.80 Å². The van der Waals surface area contributed by atoms with Crippen molar-refractivity contribution in [3.63, 3.8) is 0 Å². The van der Waals surface area contributed by atoms with Crippen molar-refractivity contribution in [2.45, 2.75) is 18.9 Å². The van der Waals surface area contributed by atoms with Crippen LogP contribution in [-0.4, -0.2) is 68.1 Å². The Morgan fingerprint density at radius 2 is 1.82 bits per heavy atom. The largest absolute Gasteiger partial charge is 0.468 e. The van der Waals surface area contributed by atoms with Crippen LogP contribution < -0.4 is 9.64 Å². The van der Waals surface area contributed by atoms with Crippen molar-refractivity contribution >= 4 is 11.6 Å². The van der Waals surface area contributed by atoms with Crippen molar-refractivity contribution in [3.8, 4) is 5.95 Å². The van der Waals surface area contributed by atoms with Crippen molar-refractivity contribution < 1.29 is 18.3 Å². The van der Waals surface area contributed by atoms with Crippen LogP contribution in [0.5, 0.6) is 5.95 Å². The van der Waals surface area contributed by atoms with Gasteiger partial charge in [-0.2, -0.15) is 0 Å². The van der Waals surface area contributed by atoms with E-state index in [0.717, 1.165) is 57.8 Å². The van der Waals surface area contributed by atoms with Crippen LogP contribution >= 0.6 is 0 Å². The maximum absolute atomic E-state index is 13.1. The summed E-state index contributed by atoms with van der Waals surface area (Å²) in [5.74, 6) is 0.411. The van der Waals surface area contributed by atoms with Gasteiger partial charge in [-0.15, -0.1) is 0 Å². The van der Waals surface area contributed by atoms with E-state index in [1.165, 1.54) is 19.2 Å². The van der Waals surface area contributed by atoms with Crippen molar-refractivity contribution in [3.05, 3.63) is 48.0 Å². The Balaban J connectivity index is 1.33. The number of likely N-dealkylation sites (tertiary alicyclic amines) is 1. The molecule has 2 fully saturated rings. The average molecular weight is 387 g/mol. The summed E-state index contributed by atoms with van der Waals surface area (Å²) in [5.41, 5.74) is 1.06. The molecule has 0 radical (unpaired) electrons. The molecule has 6 nitrogen and oxygen atoms in total. The number of piperazine rings is 1. The van der Waals surface area contributed by atoms with Gasteiger partial charge in [-0.3, -0.25) is 9.69 Å². The number of nitrogens with zero attached hydrogens (tertiary/aromatic N) is 3. The van der Waals surface area contributed by atoms with Gasteiger partial charge in [-0.1, -0.05) is 0 Å². The number of piperidine rings is 1. The summed E-state index contributed by atoms with van der Waals surface area (Å²) in [4.78, 5) is 19.4. The zero-order valence-electron chi connectivity index (χ0n) is 16.1. The summed E-state index contributed by atoms with van der Waals surface area (Å²) >= 11 is 0. The van der Waals surface area contributed by atoms with E-state index >= 15 is 0 Å². The van der Waals surface area contributed by atoms with Crippen molar-refractivity contribution in [1.82, 2.24) is 9.80 Å². The van der Waals surface area contributed by atoms with Gasteiger partial charge in [0.2, 0.25) is 0 Å². The number of ether oxygens (including phenoxy) is 1. The molecular weight excluding hydrogens is 361 g/mol. The molecule has 0 unspecified atom stereocenters. The number of halogens is 1. The topological polar surface area (TPSA) is 49.2 Å². The van der Waals surface area contributed by atoms with Gasteiger partial charge in [-0.05, 0) is 43.2 Å². The lowest BCUT2D eigenvalue weighted by Crippen LogP contribution is -2.55. The Hall–Kier alpha value is -2.54. The number of carbonyl (C=O) groups excluding carboxylic acids is 1. The minimum atomic E-state index is -0.205. The van der Waals surface area contributed by atoms with Gasteiger partial charge in [0.15, 0.2) is 5.76 Å². The summed E-state index contributed by atoms with van der Waals surface area (Å²) in [7, 11) is 1.52. The third-order valence-corrected chi connectivity index (χ3v) is 5.70. The zero-order valence-corrected chi connectivity index (χ0v) is 16.1. The highest BCUT2D eigenvalue weighted by atomic mass is 19.1. The van der Waals surface area contributed by atoms with E-state index < -0.39 is 0 Å². The molecule has 1 amide bonds. The Morgan fingerprint density at radius 3 is 2.50 bits per heavy atom. The van der Waals surface area contributed by atoms with Crippen LogP contribution in [-0.2, 0) is 0 Å². The predicted octanol–water partition coefficient (Wildman–Crippen LogP) is 2.85. The third kappa shape index (κ3) is 3.99. The molecule has 4 rings (SSSR count). The average Bonchev–Trinajstić information content (AvgIpc) is 3.23. The van der Waals surface area contributed by atoms with E-state index in [1.54, 1.807) is 12.1 Å². The van der Waals surface area contributed by atoms with Crippen molar-refractivity contribution in [1.29, 1.82) is 0 Å². The highest BCUT2D eigenvalue weighted by molar-refractivity contribution is 5.91. The Morgan fingerprint density at radius 1 is 1.07 bits per heavy atom. The second-order valence-corrected chi connectivity index (χ2v) is 7.37. The first-order valence-corrected chi connectivity index (χ1v) is 9.82. The smallest absolute Gasteiger partial charge is 0.289 e. The molecule has 150 valence electrons. The summed E-state index contributed by atoms with van der Waals surface area (Å²) in [6, 6.07) is 10.4. The lowest BCUT2D eigenvalue weighted by Gasteiger charge is -2.43. The Labute approximate surface area is 164 Å². The van der Waals surface area contributed by atoms with E-state index in [0.29, 0.717) is 17.7 Å². The first kappa shape index (κ1) is 18.8. The van der Waals surface area contributed by atoms with Gasteiger partial charge in [0, 0.05) is 57.1 Å². The van der Waals surface area contributed by atoms with Crippen LogP contribution in [0, 0.1) is 5.82 Å². The molecule has 1 aromatic carbocycles. The molecular formula is C21H26FN3O3. The first-order chi connectivity index (χ1) is 13.6. The number of furan rings is 1. The maximum atomic E-state index is 13.1. The fraction of sp³-hybridized carbons (Fsp3) is 0.476. The van der Waals surface area contributed by atoms with E-state index in [1.807, 2.05) is 17.0 Å². The summed E-state index contributed by atoms with van der Waals surface area (Å²) in [5, 5.41) is 0. The number of methoxy groups -OCH3 is 1. The number of amides is 1. The highest BCUT2D eigenvalue weighted by Gasteiger charge is 2.31. The van der Waals surface area contributed by atoms with Crippen molar-refractivity contribution in [2.75, 3.05) is 51.3 Å². The summed E-state index contributed by atoms with van der Waals surface area (Å²) < 4.78 is 23.6. The van der Waals surface area contributed by atoms with Crippen LogP contribution in [0.4, 0.5) is 10.1 Å². The van der Waals surface area contributed by atoms with Gasteiger partial charge in [0.1, 0.15) is 5.82 Å². The Bertz CT molecular complexity index is 799. The number of anilines is 1. The molecule has 2 aromatic rings. The number of benzene rings is 1. The lowest BCUT2D eigenvalue weighted by atomic mass is 10.0. The summed E-state index contributed by atoms with van der Waals surface area (Å²) in [6.07, 6.45) is 2.09. The molecule has 2 aliphatic rings. The quantitative estimate of drug-likeness (QED) is 0.808. The molecule has 0 bridgehead atoms. The molecule has 0 saturated carbocycles. The molecule has 0 aliphatic carbocycles. The van der Waals surface area contributed by atoms with Crippen LogP contribution in [0.15, 0.2) is 40.8 Å². The molecule has 0 N–H and O–H groups in total. The number of hydrogen-bond donors (Lipinski definition) is 0. The van der Waals surface area contributed by atoms with E-state index in [9.17, 15) is 9.18 Å². The van der Waals surface area contributed by atoms with Gasteiger partial charge < -0.3 is 19.0 Å². The molecule has 2 aliphatic heterocycles. The number of rotatable bonds is 4. The molecule has 0 spiro atoms. The molecule has 7 heteroatoms. The first-order valence-electron chi connectivity index (χ1n) is 9.82. The van der Waals surface area contributed by atoms with Gasteiger partial charge in [0.25, 0.3) is 11.9 Å². The minimum absolute atomic E-state index is 0.0713. The minimum Gasteiger partial charge on any atom is -0.468 e. The van der Waals surface area contributed by atoms with Crippen LogP contribution in [0.25, 0.3) is 0 Å². The predicted molar refractivity (Wildman–Crippen MR) is 104 cm³/mol.